The van der Waals surface area contributed by atoms with Gasteiger partial charge in [-0.05, 0) is 0 Å². The monoisotopic (exact) mass is 298 g/mol. The standard InChI is InChI=1S/C3H5O.Bi.2O/c1-2-3-4;;;/h2H,1,3H2;;;/q-1;+1;;. The summed E-state index contributed by atoms with van der Waals surface area (Å²) in [4.78, 5) is 0. The van der Waals surface area contributed by atoms with Crippen LogP contribution < -0.4 is 0 Å². The molecule has 0 aromatic rings. The first kappa shape index (κ1) is 7.18. The third-order valence-electron chi connectivity index (χ3n) is 0.298. The zero-order valence-corrected chi connectivity index (χ0v) is 7.14. The normalized spacial score (nSPS) is 8.00. The number of rotatable bonds is 3. The van der Waals surface area contributed by atoms with Crippen molar-refractivity contribution in [2.24, 2.45) is 0 Å². The van der Waals surface area contributed by atoms with Gasteiger partial charge in [-0.3, -0.25) is 0 Å². The Morgan fingerprint density at radius 3 is 2.43 bits per heavy atom. The predicted molar refractivity (Wildman–Crippen MR) is 23.3 cm³/mol. The molecule has 0 rings (SSSR count). The van der Waals surface area contributed by atoms with E-state index in [-0.39, 0.29) is 6.61 Å². The molecule has 4 heteroatoms. The summed E-state index contributed by atoms with van der Waals surface area (Å²) < 4.78 is 23.5. The fourth-order valence-corrected chi connectivity index (χ4v) is 0.997. The van der Waals surface area contributed by atoms with E-state index in [1.807, 2.05) is 0 Å². The van der Waals surface area contributed by atoms with Crippen LogP contribution in [0.2, 0.25) is 0 Å². The molecule has 0 fully saturated rings. The third-order valence-corrected chi connectivity index (χ3v) is 1.70. The van der Waals surface area contributed by atoms with Crippen LogP contribution >= 0.6 is 0 Å². The van der Waals surface area contributed by atoms with Gasteiger partial charge in [0.1, 0.15) is 0 Å². The SMILES string of the molecule is C=CC[O][Bi](=[O])=[O]. The Labute approximate surface area is 50.2 Å². The van der Waals surface area contributed by atoms with Crippen LogP contribution in [-0.4, -0.2) is 28.8 Å². The first-order valence-corrected chi connectivity index (χ1v) is 5.91. The van der Waals surface area contributed by atoms with Crippen molar-refractivity contribution in [3.63, 3.8) is 0 Å². The molecule has 0 amide bonds. The van der Waals surface area contributed by atoms with E-state index in [0.717, 1.165) is 0 Å². The van der Waals surface area contributed by atoms with E-state index >= 15 is 0 Å². The summed E-state index contributed by atoms with van der Waals surface area (Å²) in [5, 5.41) is 0. The zero-order chi connectivity index (χ0) is 5.70. The van der Waals surface area contributed by atoms with Crippen molar-refractivity contribution in [3.05, 3.63) is 12.7 Å². The summed E-state index contributed by atoms with van der Waals surface area (Å²) in [6.45, 7) is 3.39. The van der Waals surface area contributed by atoms with Crippen LogP contribution in [0.4, 0.5) is 0 Å². The molecule has 0 bridgehead atoms. The second kappa shape index (κ2) is 4.34. The van der Waals surface area contributed by atoms with Crippen LogP contribution in [0.5, 0.6) is 0 Å². The molecule has 0 atom stereocenters. The number of hydrogen-bond donors (Lipinski definition) is 0. The van der Waals surface area contributed by atoms with Gasteiger partial charge in [0.15, 0.2) is 0 Å². The van der Waals surface area contributed by atoms with Gasteiger partial charge in [-0.15, -0.1) is 0 Å². The van der Waals surface area contributed by atoms with Crippen LogP contribution in [0.15, 0.2) is 12.7 Å². The summed E-state index contributed by atoms with van der Waals surface area (Å²) in [5.74, 6) is 0. The van der Waals surface area contributed by atoms with Gasteiger partial charge in [0.2, 0.25) is 0 Å². The van der Waals surface area contributed by atoms with Gasteiger partial charge in [-0.25, -0.2) is 0 Å². The molecule has 0 aromatic carbocycles. The molecule has 0 unspecified atom stereocenters. The molecule has 40 valence electrons. The minimum atomic E-state index is -3.77. The molecule has 0 aromatic heterocycles. The van der Waals surface area contributed by atoms with Gasteiger partial charge in [0.25, 0.3) is 0 Å². The predicted octanol–water partition coefficient (Wildman–Crippen LogP) is 0.0349. The second-order valence-electron chi connectivity index (χ2n) is 0.808. The first-order valence-electron chi connectivity index (χ1n) is 1.65. The molecule has 0 aliphatic rings. The molecule has 0 aliphatic carbocycles. The van der Waals surface area contributed by atoms with Crippen molar-refractivity contribution in [3.8, 4) is 0 Å². The van der Waals surface area contributed by atoms with Gasteiger partial charge in [-0.2, -0.15) is 0 Å². The van der Waals surface area contributed by atoms with Crippen LogP contribution in [0.1, 0.15) is 0 Å². The fourth-order valence-electron chi connectivity index (χ4n) is 0.114. The Bertz CT molecular complexity index is 107. The molecule has 0 N–H and O–H groups in total. The summed E-state index contributed by atoms with van der Waals surface area (Å²) in [6.07, 6.45) is 1.40. The summed E-state index contributed by atoms with van der Waals surface area (Å²) in [5.41, 5.74) is 0. The van der Waals surface area contributed by atoms with E-state index in [9.17, 15) is 5.63 Å². The Morgan fingerprint density at radius 1 is 1.71 bits per heavy atom. The summed E-state index contributed by atoms with van der Waals surface area (Å²) >= 11 is -3.77. The molecule has 3 nitrogen and oxygen atoms in total. The summed E-state index contributed by atoms with van der Waals surface area (Å²) in [7, 11) is 0. The Morgan fingerprint density at radius 2 is 2.29 bits per heavy atom. The Kier molecular flexibility index (Phi) is 4.46. The topological polar surface area (TPSA) is 43.4 Å². The van der Waals surface area contributed by atoms with Gasteiger partial charge in [0, 0.05) is 0 Å². The van der Waals surface area contributed by atoms with E-state index in [1.165, 1.54) is 6.08 Å². The average Bonchev–Trinajstić information content (AvgIpc) is 1.61. The van der Waals surface area contributed by atoms with E-state index in [0.29, 0.717) is 0 Å². The molecule has 0 aliphatic heterocycles. The molecular formula is C3H5BiO3. The molecule has 7 heavy (non-hydrogen) atoms. The van der Waals surface area contributed by atoms with Crippen molar-refractivity contribution in [1.82, 2.24) is 0 Å². The molecule has 0 saturated carbocycles. The zero-order valence-electron chi connectivity index (χ0n) is 3.66. The minimum absolute atomic E-state index is 0.130. The maximum atomic E-state index is 9.66. The van der Waals surface area contributed by atoms with Gasteiger partial charge < -0.3 is 0 Å². The van der Waals surface area contributed by atoms with Crippen molar-refractivity contribution < 1.29 is 8.44 Å². The summed E-state index contributed by atoms with van der Waals surface area (Å²) in [6, 6.07) is 0. The third kappa shape index (κ3) is 6.18. The molecule has 0 radical (unpaired) electrons. The second-order valence-corrected chi connectivity index (χ2v) is 3.55. The van der Waals surface area contributed by atoms with Crippen molar-refractivity contribution in [2.75, 3.05) is 6.61 Å². The average molecular weight is 298 g/mol. The maximum absolute atomic E-state index is 9.66. The van der Waals surface area contributed by atoms with Crippen LogP contribution in [0, 0.1) is 0 Å². The first-order chi connectivity index (χ1) is 3.27. The van der Waals surface area contributed by atoms with Crippen molar-refractivity contribution in [1.29, 1.82) is 0 Å². The molecular weight excluding hydrogens is 293 g/mol. The Hall–Kier alpha value is 0.183. The number of hydrogen-bond acceptors (Lipinski definition) is 3. The van der Waals surface area contributed by atoms with E-state index in [1.54, 1.807) is 0 Å². The fraction of sp³-hybridized carbons (Fsp3) is 0.333. The van der Waals surface area contributed by atoms with Gasteiger partial charge >= 0.3 is 49.9 Å². The van der Waals surface area contributed by atoms with Crippen molar-refractivity contribution >= 4 is 22.2 Å². The van der Waals surface area contributed by atoms with Crippen LogP contribution in [0.25, 0.3) is 0 Å². The molecule has 0 heterocycles. The van der Waals surface area contributed by atoms with E-state index in [2.05, 4.69) is 9.39 Å². The van der Waals surface area contributed by atoms with Crippen LogP contribution in [0.3, 0.4) is 0 Å². The van der Waals surface area contributed by atoms with Gasteiger partial charge in [-0.1, -0.05) is 0 Å². The van der Waals surface area contributed by atoms with Gasteiger partial charge in [0.05, 0.1) is 0 Å². The Balaban J connectivity index is 3.14. The van der Waals surface area contributed by atoms with E-state index in [4.69, 9.17) is 0 Å². The van der Waals surface area contributed by atoms with Crippen LogP contribution in [-0.2, 0) is 8.44 Å². The molecule has 0 spiro atoms. The van der Waals surface area contributed by atoms with Crippen molar-refractivity contribution in [2.45, 2.75) is 0 Å². The quantitative estimate of drug-likeness (QED) is 0.545. The molecule has 0 saturated heterocycles. The van der Waals surface area contributed by atoms with E-state index < -0.39 is 22.2 Å².